The van der Waals surface area contributed by atoms with Crippen LogP contribution in [0.3, 0.4) is 0 Å². The molecule has 0 amide bonds. The second-order valence-corrected chi connectivity index (χ2v) is 17.2. The maximum absolute atomic E-state index is 12.8. The van der Waals surface area contributed by atoms with Crippen LogP contribution in [-0.2, 0) is 38.7 Å². The number of rotatable bonds is 37. The van der Waals surface area contributed by atoms with Crippen LogP contribution in [0.15, 0.2) is 109 Å². The fraction of sp³-hybridized carbons (Fsp3) is 0.608. The summed E-state index contributed by atoms with van der Waals surface area (Å²) in [4.78, 5) is 25.4. The number of aliphatic hydroxyl groups excluding tert-OH is 3. The van der Waals surface area contributed by atoms with Gasteiger partial charge < -0.3 is 34.3 Å². The van der Waals surface area contributed by atoms with Crippen LogP contribution in [0.25, 0.3) is 0 Å². The van der Waals surface area contributed by atoms with E-state index in [1.165, 1.54) is 19.3 Å². The van der Waals surface area contributed by atoms with Gasteiger partial charge in [0.25, 0.3) is 10.1 Å². The molecule has 0 aromatic rings. The van der Waals surface area contributed by atoms with Crippen molar-refractivity contribution in [3.63, 3.8) is 0 Å². The largest absolute Gasteiger partial charge is 0.462 e. The average Bonchev–Trinajstić information content (AvgIpc) is 3.26. The van der Waals surface area contributed by atoms with E-state index < -0.39 is 71.2 Å². The highest BCUT2D eigenvalue weighted by Gasteiger charge is 2.46. The molecular weight excluding hydrogens is 837 g/mol. The summed E-state index contributed by atoms with van der Waals surface area (Å²) in [5.74, 6) is -2.14. The highest BCUT2D eigenvalue weighted by Crippen LogP contribution is 2.24. The molecule has 0 radical (unpaired) electrons. The molecule has 0 aromatic heterocycles. The van der Waals surface area contributed by atoms with Crippen molar-refractivity contribution in [2.45, 2.75) is 179 Å². The van der Waals surface area contributed by atoms with Crippen molar-refractivity contribution in [3.05, 3.63) is 109 Å². The first kappa shape index (κ1) is 58.3. The van der Waals surface area contributed by atoms with E-state index in [-0.39, 0.29) is 19.4 Å². The molecule has 362 valence electrons. The Bertz CT molecular complexity index is 1590. The molecule has 12 nitrogen and oxygen atoms in total. The topological polar surface area (TPSA) is 186 Å². The predicted octanol–water partition coefficient (Wildman–Crippen LogP) is 10.0. The van der Waals surface area contributed by atoms with Crippen molar-refractivity contribution in [2.75, 3.05) is 19.0 Å². The Kier molecular flexibility index (Phi) is 36.1. The van der Waals surface area contributed by atoms with Gasteiger partial charge in [0.15, 0.2) is 12.4 Å². The number of esters is 2. The SMILES string of the molecule is CC/C=C/C/C=C/C/C=C/C/C=C/C/C=C/C/C=C/CCC(=O)O[C@H](COC(=O)CCCCCC/C=C/C/C=C/C/C=C/CCCCC)CO[C@H]1O[C@H](CS(=O)(=O)O)[C@@H](O)C(O)C1O. The molecule has 13 heteroatoms. The van der Waals surface area contributed by atoms with E-state index in [0.717, 1.165) is 77.0 Å². The van der Waals surface area contributed by atoms with Crippen LogP contribution in [0.2, 0.25) is 0 Å². The van der Waals surface area contributed by atoms with Gasteiger partial charge in [-0.3, -0.25) is 14.1 Å². The summed E-state index contributed by atoms with van der Waals surface area (Å²) < 4.78 is 54.0. The van der Waals surface area contributed by atoms with Crippen molar-refractivity contribution in [3.8, 4) is 0 Å². The number of hydrogen-bond donors (Lipinski definition) is 4. The smallest absolute Gasteiger partial charge is 0.306 e. The summed E-state index contributed by atoms with van der Waals surface area (Å²) in [6, 6.07) is 0. The van der Waals surface area contributed by atoms with Gasteiger partial charge in [-0.15, -0.1) is 0 Å². The number of carbonyl (C=O) groups excluding carboxylic acids is 2. The molecule has 64 heavy (non-hydrogen) atoms. The first-order valence-corrected chi connectivity index (χ1v) is 25.1. The molecule has 0 saturated carbocycles. The Labute approximate surface area is 385 Å². The van der Waals surface area contributed by atoms with E-state index in [9.17, 15) is 37.9 Å². The Morgan fingerprint density at radius 1 is 0.547 bits per heavy atom. The molecule has 1 saturated heterocycles. The van der Waals surface area contributed by atoms with Crippen molar-refractivity contribution < 1.29 is 56.8 Å². The highest BCUT2D eigenvalue weighted by atomic mass is 32.2. The normalized spacial score (nSPS) is 20.6. The third-order valence-corrected chi connectivity index (χ3v) is 10.6. The number of unbranched alkanes of at least 4 members (excludes halogenated alkanes) is 7. The van der Waals surface area contributed by atoms with Crippen LogP contribution in [0.1, 0.15) is 142 Å². The lowest BCUT2D eigenvalue weighted by molar-refractivity contribution is -0.297. The Hall–Kier alpha value is -3.69. The fourth-order valence-corrected chi connectivity index (χ4v) is 6.93. The van der Waals surface area contributed by atoms with E-state index in [0.29, 0.717) is 19.3 Å². The molecule has 2 unspecified atom stereocenters. The monoisotopic (exact) mass is 917 g/mol. The van der Waals surface area contributed by atoms with E-state index >= 15 is 0 Å². The second-order valence-electron chi connectivity index (χ2n) is 15.7. The third-order valence-electron chi connectivity index (χ3n) is 9.85. The van der Waals surface area contributed by atoms with Crippen LogP contribution >= 0.6 is 0 Å². The van der Waals surface area contributed by atoms with Gasteiger partial charge in [-0.2, -0.15) is 8.42 Å². The van der Waals surface area contributed by atoms with Gasteiger partial charge in [0.2, 0.25) is 0 Å². The Morgan fingerprint density at radius 3 is 1.52 bits per heavy atom. The summed E-state index contributed by atoms with van der Waals surface area (Å²) in [5.41, 5.74) is 0. The summed E-state index contributed by atoms with van der Waals surface area (Å²) in [6.45, 7) is 3.52. The van der Waals surface area contributed by atoms with Crippen molar-refractivity contribution in [2.24, 2.45) is 0 Å². The number of allylic oxidation sites excluding steroid dienone is 18. The van der Waals surface area contributed by atoms with Crippen LogP contribution in [0.4, 0.5) is 0 Å². The molecular formula is C51H80O12S. The maximum Gasteiger partial charge on any atom is 0.306 e. The van der Waals surface area contributed by atoms with Gasteiger partial charge >= 0.3 is 11.9 Å². The molecule has 0 aromatic carbocycles. The zero-order chi connectivity index (χ0) is 46.9. The van der Waals surface area contributed by atoms with Crippen molar-refractivity contribution in [1.82, 2.24) is 0 Å². The third kappa shape index (κ3) is 33.8. The zero-order valence-corrected chi connectivity index (χ0v) is 39.4. The number of ether oxygens (including phenoxy) is 4. The molecule has 0 aliphatic carbocycles. The lowest BCUT2D eigenvalue weighted by atomic mass is 10.00. The van der Waals surface area contributed by atoms with Crippen LogP contribution in [-0.4, -0.2) is 96.0 Å². The summed E-state index contributed by atoms with van der Waals surface area (Å²) >= 11 is 0. The lowest BCUT2D eigenvalue weighted by Gasteiger charge is -2.40. The molecule has 1 aliphatic heterocycles. The van der Waals surface area contributed by atoms with Gasteiger partial charge in [0, 0.05) is 12.8 Å². The molecule has 0 spiro atoms. The molecule has 1 rings (SSSR count). The van der Waals surface area contributed by atoms with E-state index in [1.807, 2.05) is 18.2 Å². The van der Waals surface area contributed by atoms with E-state index in [1.54, 1.807) is 0 Å². The first-order chi connectivity index (χ1) is 31.0. The zero-order valence-electron chi connectivity index (χ0n) is 38.6. The average molecular weight is 917 g/mol. The predicted molar refractivity (Wildman–Crippen MR) is 256 cm³/mol. The first-order valence-electron chi connectivity index (χ1n) is 23.4. The molecule has 1 fully saturated rings. The number of aliphatic hydroxyl groups is 3. The molecule has 1 heterocycles. The van der Waals surface area contributed by atoms with Crippen LogP contribution in [0.5, 0.6) is 0 Å². The summed E-state index contributed by atoms with van der Waals surface area (Å²) in [5, 5.41) is 30.9. The van der Waals surface area contributed by atoms with Gasteiger partial charge in [-0.05, 0) is 89.9 Å². The standard InChI is InChI=1S/C51H80O12S/c1-3-5-7-9-11-13-15-17-19-21-22-24-26-28-30-32-34-36-38-40-47(53)62-44(42-61-51-50(56)49(55)48(54)45(63-51)43-64(57,58)59)41-60-46(52)39-37-35-33-31-29-27-25-23-20-18-16-14-12-10-8-6-4-2/h5,7,11-14,17-20,22,24-25,27-28,30,34,36,44-45,48-51,54-56H,3-4,6,8-10,15-16,21,23,26,29,31-33,35,37-43H2,1-2H3,(H,57,58,59)/b7-5+,13-11+,14-12+,19-17+,20-18+,24-22+,27-25+,30-28+,36-34+/t44-,45-,48-,49?,50?,51+/m1/s1. The van der Waals surface area contributed by atoms with Crippen LogP contribution < -0.4 is 0 Å². The van der Waals surface area contributed by atoms with E-state index in [2.05, 4.69) is 105 Å². The fourth-order valence-electron chi connectivity index (χ4n) is 6.24. The quantitative estimate of drug-likeness (QED) is 0.0200. The molecule has 1 aliphatic rings. The van der Waals surface area contributed by atoms with Gasteiger partial charge in [0.1, 0.15) is 36.8 Å². The Balaban J connectivity index is 2.52. The molecule has 6 atom stereocenters. The minimum Gasteiger partial charge on any atom is -0.462 e. The lowest BCUT2D eigenvalue weighted by Crippen LogP contribution is -2.60. The van der Waals surface area contributed by atoms with Gasteiger partial charge in [-0.1, -0.05) is 149 Å². The second kappa shape index (κ2) is 39.7. The minimum absolute atomic E-state index is 0.0270. The van der Waals surface area contributed by atoms with Crippen molar-refractivity contribution >= 4 is 22.1 Å². The minimum atomic E-state index is -4.62. The molecule has 4 N–H and O–H groups in total. The maximum atomic E-state index is 12.8. The Morgan fingerprint density at radius 2 is 1.02 bits per heavy atom. The van der Waals surface area contributed by atoms with Crippen molar-refractivity contribution in [1.29, 1.82) is 0 Å². The number of hydrogen-bond acceptors (Lipinski definition) is 11. The number of carbonyl (C=O) groups is 2. The van der Waals surface area contributed by atoms with E-state index in [4.69, 9.17) is 18.9 Å². The van der Waals surface area contributed by atoms with Crippen LogP contribution in [0, 0.1) is 0 Å². The summed E-state index contributed by atoms with van der Waals surface area (Å²) in [6.07, 6.45) is 45.7. The summed E-state index contributed by atoms with van der Waals surface area (Å²) in [7, 11) is -4.62. The molecule has 0 bridgehead atoms. The van der Waals surface area contributed by atoms with Gasteiger partial charge in [-0.25, -0.2) is 0 Å². The highest BCUT2D eigenvalue weighted by molar-refractivity contribution is 7.85. The van der Waals surface area contributed by atoms with Gasteiger partial charge in [0.05, 0.1) is 6.61 Å².